The van der Waals surface area contributed by atoms with E-state index in [1.54, 1.807) is 4.68 Å². The Hall–Kier alpha value is -2.76. The first kappa shape index (κ1) is 13.2. The van der Waals surface area contributed by atoms with Crippen LogP contribution in [0.15, 0.2) is 53.1 Å². The van der Waals surface area contributed by atoms with Gasteiger partial charge in [-0.1, -0.05) is 35.1 Å². The van der Waals surface area contributed by atoms with Gasteiger partial charge in [-0.3, -0.25) is 9.36 Å². The maximum Gasteiger partial charge on any atom is 0.283 e. The summed E-state index contributed by atoms with van der Waals surface area (Å²) in [4.78, 5) is 16.7. The van der Waals surface area contributed by atoms with Crippen LogP contribution in [0.4, 0.5) is 0 Å². The van der Waals surface area contributed by atoms with E-state index in [1.807, 2.05) is 50.3 Å². The normalized spacial score (nSPS) is 10.8. The molecule has 0 fully saturated rings. The minimum absolute atomic E-state index is 0.181. The maximum absolute atomic E-state index is 12.4. The molecule has 2 aromatic heterocycles. The fourth-order valence-electron chi connectivity index (χ4n) is 2.00. The molecule has 106 valence electrons. The van der Waals surface area contributed by atoms with Crippen LogP contribution >= 0.6 is 0 Å². The van der Waals surface area contributed by atoms with Crippen molar-refractivity contribution >= 4 is 11.2 Å². The molecule has 6 nitrogen and oxygen atoms in total. The Morgan fingerprint density at radius 2 is 2.00 bits per heavy atom. The number of fused-ring (bicyclic) bond motifs is 1. The van der Waals surface area contributed by atoms with E-state index in [2.05, 4.69) is 15.3 Å². The molecule has 1 aromatic carbocycles. The van der Waals surface area contributed by atoms with Crippen LogP contribution < -0.4 is 5.56 Å². The molecule has 0 bridgehead atoms. The average molecular weight is 281 g/mol. The third kappa shape index (κ3) is 2.47. The minimum Gasteiger partial charge on any atom is -0.293 e. The summed E-state index contributed by atoms with van der Waals surface area (Å²) < 4.78 is 3.10. The standard InChI is InChI=1S/C15H15N5O/c1-11(2)8-9-19-10-16-14-13(15(19)21)17-18-20(14)12-6-4-3-5-7-12/h3-8,10H,9H2,1-2H3. The lowest BCUT2D eigenvalue weighted by Crippen LogP contribution is -2.20. The lowest BCUT2D eigenvalue weighted by Gasteiger charge is -2.03. The molecule has 0 aliphatic heterocycles. The first-order chi connectivity index (χ1) is 10.2. The van der Waals surface area contributed by atoms with Crippen LogP contribution in [0.2, 0.25) is 0 Å². The molecule has 0 saturated heterocycles. The molecule has 0 N–H and O–H groups in total. The van der Waals surface area contributed by atoms with E-state index < -0.39 is 0 Å². The third-order valence-electron chi connectivity index (χ3n) is 3.13. The second-order valence-corrected chi connectivity index (χ2v) is 4.99. The Labute approximate surface area is 121 Å². The van der Waals surface area contributed by atoms with Crippen molar-refractivity contribution in [3.8, 4) is 5.69 Å². The van der Waals surface area contributed by atoms with E-state index in [4.69, 9.17) is 0 Å². The Morgan fingerprint density at radius 1 is 1.24 bits per heavy atom. The van der Waals surface area contributed by atoms with Gasteiger partial charge in [0, 0.05) is 6.54 Å². The first-order valence-corrected chi connectivity index (χ1v) is 6.66. The zero-order valence-electron chi connectivity index (χ0n) is 11.9. The number of para-hydroxylation sites is 1. The molecule has 0 radical (unpaired) electrons. The fraction of sp³-hybridized carbons (Fsp3) is 0.200. The highest BCUT2D eigenvalue weighted by Gasteiger charge is 2.12. The van der Waals surface area contributed by atoms with Gasteiger partial charge in [-0.25, -0.2) is 4.98 Å². The molecule has 6 heteroatoms. The zero-order valence-corrected chi connectivity index (χ0v) is 11.9. The van der Waals surface area contributed by atoms with Crippen molar-refractivity contribution in [2.75, 3.05) is 0 Å². The molecule has 0 unspecified atom stereocenters. The Bertz CT molecular complexity index is 857. The van der Waals surface area contributed by atoms with Crippen LogP contribution in [0.5, 0.6) is 0 Å². The van der Waals surface area contributed by atoms with Crippen LogP contribution in [0, 0.1) is 0 Å². The number of hydrogen-bond acceptors (Lipinski definition) is 4. The lowest BCUT2D eigenvalue weighted by atomic mass is 10.3. The Balaban J connectivity index is 2.11. The van der Waals surface area contributed by atoms with Gasteiger partial charge in [-0.15, -0.1) is 5.10 Å². The van der Waals surface area contributed by atoms with E-state index in [1.165, 1.54) is 10.9 Å². The molecule has 21 heavy (non-hydrogen) atoms. The highest BCUT2D eigenvalue weighted by atomic mass is 16.1. The quantitative estimate of drug-likeness (QED) is 0.688. The average Bonchev–Trinajstić information content (AvgIpc) is 2.92. The monoisotopic (exact) mass is 281 g/mol. The molecule has 2 heterocycles. The van der Waals surface area contributed by atoms with Crippen molar-refractivity contribution in [1.82, 2.24) is 24.5 Å². The molecule has 3 rings (SSSR count). The smallest absolute Gasteiger partial charge is 0.283 e. The van der Waals surface area contributed by atoms with Crippen molar-refractivity contribution in [2.24, 2.45) is 0 Å². The highest BCUT2D eigenvalue weighted by molar-refractivity contribution is 5.70. The molecule has 0 aliphatic carbocycles. The molecule has 3 aromatic rings. The summed E-state index contributed by atoms with van der Waals surface area (Å²) in [6.45, 7) is 4.47. The predicted molar refractivity (Wildman–Crippen MR) is 80.4 cm³/mol. The van der Waals surface area contributed by atoms with Gasteiger partial charge in [0.2, 0.25) is 0 Å². The number of rotatable bonds is 3. The molecule has 0 aliphatic rings. The summed E-state index contributed by atoms with van der Waals surface area (Å²) in [6.07, 6.45) is 3.50. The van der Waals surface area contributed by atoms with Crippen molar-refractivity contribution in [3.05, 3.63) is 58.7 Å². The fourth-order valence-corrected chi connectivity index (χ4v) is 2.00. The van der Waals surface area contributed by atoms with Crippen molar-refractivity contribution in [3.63, 3.8) is 0 Å². The summed E-state index contributed by atoms with van der Waals surface area (Å²) in [5.41, 5.74) is 2.55. The van der Waals surface area contributed by atoms with Gasteiger partial charge in [0.15, 0.2) is 11.2 Å². The number of aromatic nitrogens is 5. The highest BCUT2D eigenvalue weighted by Crippen LogP contribution is 2.10. The lowest BCUT2D eigenvalue weighted by molar-refractivity contribution is 0.759. The summed E-state index contributed by atoms with van der Waals surface area (Å²) >= 11 is 0. The second kappa shape index (κ2) is 5.32. The van der Waals surface area contributed by atoms with E-state index >= 15 is 0 Å². The van der Waals surface area contributed by atoms with Crippen LogP contribution in [0.1, 0.15) is 13.8 Å². The zero-order chi connectivity index (χ0) is 14.8. The second-order valence-electron chi connectivity index (χ2n) is 4.99. The molecular formula is C15H15N5O. The van der Waals surface area contributed by atoms with Gasteiger partial charge in [0.1, 0.15) is 6.33 Å². The van der Waals surface area contributed by atoms with E-state index in [9.17, 15) is 4.79 Å². The van der Waals surface area contributed by atoms with E-state index in [-0.39, 0.29) is 11.1 Å². The first-order valence-electron chi connectivity index (χ1n) is 6.66. The predicted octanol–water partition coefficient (Wildman–Crippen LogP) is 1.94. The molecule has 0 amide bonds. The topological polar surface area (TPSA) is 65.6 Å². The van der Waals surface area contributed by atoms with Crippen LogP contribution in [0.25, 0.3) is 16.9 Å². The van der Waals surface area contributed by atoms with Crippen LogP contribution in [-0.2, 0) is 6.54 Å². The van der Waals surface area contributed by atoms with Crippen LogP contribution in [-0.4, -0.2) is 24.5 Å². The number of benzene rings is 1. The molecule has 0 atom stereocenters. The Morgan fingerprint density at radius 3 is 2.71 bits per heavy atom. The molecule has 0 spiro atoms. The summed E-state index contributed by atoms with van der Waals surface area (Å²) in [5.74, 6) is 0. The van der Waals surface area contributed by atoms with Crippen LogP contribution in [0.3, 0.4) is 0 Å². The van der Waals surface area contributed by atoms with Crippen molar-refractivity contribution in [2.45, 2.75) is 20.4 Å². The van der Waals surface area contributed by atoms with E-state index in [0.717, 1.165) is 11.3 Å². The van der Waals surface area contributed by atoms with Gasteiger partial charge < -0.3 is 0 Å². The summed E-state index contributed by atoms with van der Waals surface area (Å²) in [5, 5.41) is 8.02. The molecule has 0 saturated carbocycles. The number of nitrogens with zero attached hydrogens (tertiary/aromatic N) is 5. The number of allylic oxidation sites excluding steroid dienone is 2. The van der Waals surface area contributed by atoms with Gasteiger partial charge in [0.25, 0.3) is 5.56 Å². The summed E-state index contributed by atoms with van der Waals surface area (Å²) in [7, 11) is 0. The largest absolute Gasteiger partial charge is 0.293 e. The maximum atomic E-state index is 12.4. The third-order valence-corrected chi connectivity index (χ3v) is 3.13. The SMILES string of the molecule is CC(C)=CCn1cnc2c(nnn2-c2ccccc2)c1=O. The summed E-state index contributed by atoms with van der Waals surface area (Å²) in [6, 6.07) is 9.51. The Kier molecular flexibility index (Phi) is 3.35. The van der Waals surface area contributed by atoms with Gasteiger partial charge in [-0.05, 0) is 26.0 Å². The van der Waals surface area contributed by atoms with Crippen molar-refractivity contribution < 1.29 is 0 Å². The van der Waals surface area contributed by atoms with Gasteiger partial charge >= 0.3 is 0 Å². The minimum atomic E-state index is -0.181. The van der Waals surface area contributed by atoms with Crippen molar-refractivity contribution in [1.29, 1.82) is 0 Å². The number of hydrogen-bond donors (Lipinski definition) is 0. The van der Waals surface area contributed by atoms with E-state index in [0.29, 0.717) is 12.2 Å². The van der Waals surface area contributed by atoms with Gasteiger partial charge in [-0.2, -0.15) is 4.68 Å². The molecular weight excluding hydrogens is 266 g/mol. The van der Waals surface area contributed by atoms with Gasteiger partial charge in [0.05, 0.1) is 5.69 Å².